The number of nitrogens with zero attached hydrogens (tertiary/aromatic N) is 4. The molecule has 2 aromatic heterocycles. The van der Waals surface area contributed by atoms with Gasteiger partial charge in [0.1, 0.15) is 0 Å². The van der Waals surface area contributed by atoms with Gasteiger partial charge in [0.2, 0.25) is 11.8 Å². The van der Waals surface area contributed by atoms with E-state index in [1.54, 1.807) is 0 Å². The van der Waals surface area contributed by atoms with E-state index in [0.29, 0.717) is 17.8 Å². The number of morpholine rings is 1. The van der Waals surface area contributed by atoms with Crippen molar-refractivity contribution in [2.45, 2.75) is 25.9 Å². The second kappa shape index (κ2) is 7.53. The number of thiophene rings is 1. The van der Waals surface area contributed by atoms with Gasteiger partial charge in [-0.25, -0.2) is 0 Å². The Hall–Kier alpha value is -1.28. The predicted molar refractivity (Wildman–Crippen MR) is 89.5 cm³/mol. The molecule has 6 nitrogen and oxygen atoms in total. The Labute approximate surface area is 141 Å². The number of hydrogen-bond acceptors (Lipinski definition) is 7. The van der Waals surface area contributed by atoms with Gasteiger partial charge in [0.05, 0.1) is 25.3 Å². The minimum atomic E-state index is 0.0969. The number of aromatic nitrogens is 2. The third kappa shape index (κ3) is 3.98. The molecule has 0 saturated carbocycles. The maximum Gasteiger partial charge on any atom is 0.233 e. The number of rotatable bonds is 6. The quantitative estimate of drug-likeness (QED) is 0.808. The summed E-state index contributed by atoms with van der Waals surface area (Å²) in [4.78, 5) is 6.19. The van der Waals surface area contributed by atoms with Crippen LogP contribution in [0.25, 0.3) is 0 Å². The summed E-state index contributed by atoms with van der Waals surface area (Å²) in [7, 11) is 2.12. The highest BCUT2D eigenvalue weighted by atomic mass is 32.1. The van der Waals surface area contributed by atoms with Crippen molar-refractivity contribution >= 4 is 11.3 Å². The lowest BCUT2D eigenvalue weighted by Gasteiger charge is -2.37. The van der Waals surface area contributed by atoms with Crippen molar-refractivity contribution in [3.8, 4) is 0 Å². The maximum atomic E-state index is 5.59. The molecular formula is C16H24N4O2S. The molecule has 1 aliphatic rings. The van der Waals surface area contributed by atoms with Crippen LogP contribution >= 0.6 is 11.3 Å². The normalized spacial score (nSPS) is 19.1. The lowest BCUT2D eigenvalue weighted by atomic mass is 10.1. The summed E-state index contributed by atoms with van der Waals surface area (Å²) < 4.78 is 11.1. The standard InChI is InChI=1S/C16H24N4O2S/c1-12(16-18-17-13(2)22-16)19(3)11-14(15-5-4-10-23-15)20-6-8-21-9-7-20/h4-5,10,12,14H,6-9,11H2,1-3H3/t12-,14-/m1/s1. The zero-order valence-corrected chi connectivity index (χ0v) is 14.8. The summed E-state index contributed by atoms with van der Waals surface area (Å²) in [5.41, 5.74) is 0. The van der Waals surface area contributed by atoms with Crippen molar-refractivity contribution in [2.75, 3.05) is 39.9 Å². The van der Waals surface area contributed by atoms with Crippen LogP contribution in [0.4, 0.5) is 0 Å². The highest BCUT2D eigenvalue weighted by Gasteiger charge is 2.27. The molecule has 3 rings (SSSR count). The topological polar surface area (TPSA) is 54.6 Å². The summed E-state index contributed by atoms with van der Waals surface area (Å²) in [6.45, 7) is 8.43. The molecule has 0 spiro atoms. The molecule has 0 aromatic carbocycles. The maximum absolute atomic E-state index is 5.59. The van der Waals surface area contributed by atoms with Crippen molar-refractivity contribution in [2.24, 2.45) is 0 Å². The fraction of sp³-hybridized carbons (Fsp3) is 0.625. The molecule has 0 aliphatic carbocycles. The zero-order chi connectivity index (χ0) is 16.2. The van der Waals surface area contributed by atoms with Gasteiger partial charge in [-0.05, 0) is 25.4 Å². The summed E-state index contributed by atoms with van der Waals surface area (Å²) in [5, 5.41) is 10.2. The SMILES string of the molecule is Cc1nnc([C@@H](C)N(C)C[C@H](c2cccs2)N2CCOCC2)o1. The first kappa shape index (κ1) is 16.6. The van der Waals surface area contributed by atoms with E-state index in [9.17, 15) is 0 Å². The molecule has 23 heavy (non-hydrogen) atoms. The van der Waals surface area contributed by atoms with E-state index in [4.69, 9.17) is 9.15 Å². The summed E-state index contributed by atoms with van der Waals surface area (Å²) in [6, 6.07) is 4.81. The van der Waals surface area contributed by atoms with Gasteiger partial charge in [0, 0.05) is 31.4 Å². The van der Waals surface area contributed by atoms with Crippen LogP contribution in [0.15, 0.2) is 21.9 Å². The van der Waals surface area contributed by atoms with Crippen molar-refractivity contribution in [3.63, 3.8) is 0 Å². The van der Waals surface area contributed by atoms with Crippen molar-refractivity contribution < 1.29 is 9.15 Å². The van der Waals surface area contributed by atoms with Gasteiger partial charge < -0.3 is 9.15 Å². The molecule has 0 N–H and O–H groups in total. The number of likely N-dealkylation sites (N-methyl/N-ethyl adjacent to an activating group) is 1. The molecule has 1 fully saturated rings. The van der Waals surface area contributed by atoms with Crippen LogP contribution in [0.1, 0.15) is 35.7 Å². The highest BCUT2D eigenvalue weighted by Crippen LogP contribution is 2.29. The molecule has 0 unspecified atom stereocenters. The molecule has 0 radical (unpaired) electrons. The van der Waals surface area contributed by atoms with E-state index in [2.05, 4.69) is 51.5 Å². The molecule has 0 amide bonds. The molecule has 2 aromatic rings. The van der Waals surface area contributed by atoms with E-state index < -0.39 is 0 Å². The van der Waals surface area contributed by atoms with Crippen molar-refractivity contribution in [1.82, 2.24) is 20.0 Å². The van der Waals surface area contributed by atoms with E-state index in [0.717, 1.165) is 32.8 Å². The Balaban J connectivity index is 1.72. The molecule has 3 heterocycles. The van der Waals surface area contributed by atoms with Gasteiger partial charge in [-0.2, -0.15) is 0 Å². The Morgan fingerprint density at radius 2 is 2.13 bits per heavy atom. The molecule has 2 atom stereocenters. The predicted octanol–water partition coefficient (Wildman–Crippen LogP) is 2.51. The average Bonchev–Trinajstić information content (AvgIpc) is 3.24. The van der Waals surface area contributed by atoms with E-state index in [1.165, 1.54) is 4.88 Å². The Morgan fingerprint density at radius 3 is 2.74 bits per heavy atom. The Bertz CT molecular complexity index is 595. The lowest BCUT2D eigenvalue weighted by molar-refractivity contribution is 0.00682. The van der Waals surface area contributed by atoms with Crippen LogP contribution in [0.2, 0.25) is 0 Å². The number of aryl methyl sites for hydroxylation is 1. The van der Waals surface area contributed by atoms with Gasteiger partial charge in [0.25, 0.3) is 0 Å². The van der Waals surface area contributed by atoms with Crippen molar-refractivity contribution in [1.29, 1.82) is 0 Å². The third-order valence-corrected chi connectivity index (χ3v) is 5.35. The fourth-order valence-corrected chi connectivity index (χ4v) is 3.71. The summed E-state index contributed by atoms with van der Waals surface area (Å²) >= 11 is 1.82. The third-order valence-electron chi connectivity index (χ3n) is 4.38. The largest absolute Gasteiger partial charge is 0.424 e. The number of ether oxygens (including phenoxy) is 1. The molecule has 126 valence electrons. The molecule has 1 aliphatic heterocycles. The van der Waals surface area contributed by atoms with Gasteiger partial charge in [-0.3, -0.25) is 9.80 Å². The average molecular weight is 336 g/mol. The van der Waals surface area contributed by atoms with Gasteiger partial charge >= 0.3 is 0 Å². The number of hydrogen-bond donors (Lipinski definition) is 0. The Morgan fingerprint density at radius 1 is 1.35 bits per heavy atom. The first-order valence-corrected chi connectivity index (χ1v) is 8.88. The summed E-state index contributed by atoms with van der Waals surface area (Å²) in [5.74, 6) is 1.29. The van der Waals surface area contributed by atoms with Crippen LogP contribution < -0.4 is 0 Å². The lowest BCUT2D eigenvalue weighted by Crippen LogP contribution is -2.43. The van der Waals surface area contributed by atoms with Crippen LogP contribution in [-0.2, 0) is 4.74 Å². The van der Waals surface area contributed by atoms with Gasteiger partial charge in [-0.1, -0.05) is 6.07 Å². The minimum absolute atomic E-state index is 0.0969. The van der Waals surface area contributed by atoms with E-state index in [-0.39, 0.29) is 6.04 Å². The van der Waals surface area contributed by atoms with Crippen LogP contribution in [-0.4, -0.2) is 59.9 Å². The smallest absolute Gasteiger partial charge is 0.233 e. The fourth-order valence-electron chi connectivity index (χ4n) is 2.86. The molecule has 1 saturated heterocycles. The molecular weight excluding hydrogens is 312 g/mol. The van der Waals surface area contributed by atoms with Crippen LogP contribution in [0.5, 0.6) is 0 Å². The first-order valence-electron chi connectivity index (χ1n) is 8.00. The minimum Gasteiger partial charge on any atom is -0.424 e. The van der Waals surface area contributed by atoms with E-state index >= 15 is 0 Å². The first-order chi connectivity index (χ1) is 11.1. The second-order valence-electron chi connectivity index (χ2n) is 5.95. The monoisotopic (exact) mass is 336 g/mol. The molecule has 7 heteroatoms. The van der Waals surface area contributed by atoms with Gasteiger partial charge in [-0.15, -0.1) is 21.5 Å². The second-order valence-corrected chi connectivity index (χ2v) is 6.93. The van der Waals surface area contributed by atoms with Crippen LogP contribution in [0, 0.1) is 6.92 Å². The van der Waals surface area contributed by atoms with Gasteiger partial charge in [0.15, 0.2) is 0 Å². The zero-order valence-electron chi connectivity index (χ0n) is 13.9. The van der Waals surface area contributed by atoms with Crippen LogP contribution in [0.3, 0.4) is 0 Å². The van der Waals surface area contributed by atoms with E-state index in [1.807, 2.05) is 18.3 Å². The van der Waals surface area contributed by atoms with Crippen molar-refractivity contribution in [3.05, 3.63) is 34.2 Å². The highest BCUT2D eigenvalue weighted by molar-refractivity contribution is 7.10. The Kier molecular flexibility index (Phi) is 5.42. The molecule has 0 bridgehead atoms. The summed E-state index contributed by atoms with van der Waals surface area (Å²) in [6.07, 6.45) is 0.